The Morgan fingerprint density at radius 1 is 1.53 bits per heavy atom. The number of nitro groups is 1. The Bertz CT molecular complexity index is 466. The Morgan fingerprint density at radius 2 is 2.16 bits per heavy atom. The molecule has 19 heavy (non-hydrogen) atoms. The molecule has 1 aliphatic carbocycles. The van der Waals surface area contributed by atoms with Crippen LogP contribution >= 0.6 is 11.3 Å². The minimum Gasteiger partial charge on any atom is -0.388 e. The maximum Gasteiger partial charge on any atom is 0.304 e. The van der Waals surface area contributed by atoms with Gasteiger partial charge in [0.15, 0.2) is 5.00 Å². The van der Waals surface area contributed by atoms with E-state index in [2.05, 4.69) is 4.90 Å². The number of aliphatic hydroxyl groups excluding tert-OH is 1. The van der Waals surface area contributed by atoms with Gasteiger partial charge >= 0.3 is 5.69 Å². The molecule has 6 heteroatoms. The van der Waals surface area contributed by atoms with Gasteiger partial charge in [0.05, 0.1) is 11.0 Å². The van der Waals surface area contributed by atoms with E-state index in [0.717, 1.165) is 6.54 Å². The van der Waals surface area contributed by atoms with Crippen molar-refractivity contribution in [2.75, 3.05) is 11.4 Å². The Balaban J connectivity index is 2.35. The number of anilines is 1. The van der Waals surface area contributed by atoms with Crippen molar-refractivity contribution in [1.29, 1.82) is 0 Å². The van der Waals surface area contributed by atoms with Crippen molar-refractivity contribution >= 4 is 22.0 Å². The van der Waals surface area contributed by atoms with Gasteiger partial charge in [-0.2, -0.15) is 0 Å². The number of nitrogens with zero attached hydrogens (tertiary/aromatic N) is 2. The molecule has 1 aliphatic rings. The minimum absolute atomic E-state index is 0.121. The summed E-state index contributed by atoms with van der Waals surface area (Å²) in [6.07, 6.45) is 1.77. The Hall–Kier alpha value is -1.14. The molecule has 0 spiro atoms. The second-order valence-electron chi connectivity index (χ2n) is 5.46. The molecule has 0 amide bonds. The highest BCUT2D eigenvalue weighted by atomic mass is 32.1. The second-order valence-corrected chi connectivity index (χ2v) is 6.52. The molecule has 1 aromatic rings. The van der Waals surface area contributed by atoms with E-state index < -0.39 is 6.10 Å². The first-order valence-electron chi connectivity index (χ1n) is 6.63. The molecule has 0 bridgehead atoms. The minimum atomic E-state index is -0.660. The van der Waals surface area contributed by atoms with Crippen LogP contribution in [0.15, 0.2) is 6.07 Å². The molecule has 1 atom stereocenters. The number of aliphatic hydroxyl groups is 1. The second kappa shape index (κ2) is 5.46. The molecule has 106 valence electrons. The number of rotatable bonds is 6. The van der Waals surface area contributed by atoms with Gasteiger partial charge in [-0.15, -0.1) is 11.3 Å². The molecule has 1 N–H and O–H groups in total. The van der Waals surface area contributed by atoms with E-state index in [-0.39, 0.29) is 16.7 Å². The van der Waals surface area contributed by atoms with Crippen molar-refractivity contribution in [3.63, 3.8) is 0 Å². The van der Waals surface area contributed by atoms with E-state index in [1.54, 1.807) is 6.92 Å². The summed E-state index contributed by atoms with van der Waals surface area (Å²) < 4.78 is 0. The molecule has 0 aromatic carbocycles. The zero-order valence-electron chi connectivity index (χ0n) is 11.5. The summed E-state index contributed by atoms with van der Waals surface area (Å²) in [5.74, 6) is 0.666. The fraction of sp³-hybridized carbons (Fsp3) is 0.692. The van der Waals surface area contributed by atoms with Gasteiger partial charge in [0.2, 0.25) is 0 Å². The fourth-order valence-corrected chi connectivity index (χ4v) is 3.24. The van der Waals surface area contributed by atoms with E-state index >= 15 is 0 Å². The highest BCUT2D eigenvalue weighted by Gasteiger charge is 2.31. The summed E-state index contributed by atoms with van der Waals surface area (Å²) in [6.45, 7) is 6.61. The highest BCUT2D eigenvalue weighted by molar-refractivity contribution is 7.16. The van der Waals surface area contributed by atoms with Gasteiger partial charge < -0.3 is 10.0 Å². The normalized spacial score (nSPS) is 16.7. The summed E-state index contributed by atoms with van der Waals surface area (Å²) in [6, 6.07) is 1.73. The molecule has 0 aliphatic heterocycles. The summed E-state index contributed by atoms with van der Waals surface area (Å²) in [5, 5.41) is 21.5. The van der Waals surface area contributed by atoms with E-state index in [4.69, 9.17) is 0 Å². The first-order chi connectivity index (χ1) is 8.90. The molecule has 1 saturated carbocycles. The monoisotopic (exact) mass is 284 g/mol. The smallest absolute Gasteiger partial charge is 0.304 e. The predicted molar refractivity (Wildman–Crippen MR) is 76.8 cm³/mol. The van der Waals surface area contributed by atoms with Crippen molar-refractivity contribution in [3.05, 3.63) is 21.1 Å². The van der Waals surface area contributed by atoms with Crippen molar-refractivity contribution in [1.82, 2.24) is 0 Å². The first-order valence-corrected chi connectivity index (χ1v) is 7.44. The van der Waals surface area contributed by atoms with Crippen LogP contribution in [0.4, 0.5) is 10.7 Å². The van der Waals surface area contributed by atoms with E-state index in [1.807, 2.05) is 13.8 Å². The van der Waals surface area contributed by atoms with Crippen molar-refractivity contribution < 1.29 is 10.0 Å². The Morgan fingerprint density at radius 3 is 2.58 bits per heavy atom. The average molecular weight is 284 g/mol. The molecular formula is C13H20N2O3S. The van der Waals surface area contributed by atoms with Gasteiger partial charge in [0.25, 0.3) is 0 Å². The third-order valence-corrected chi connectivity index (χ3v) is 4.69. The molecule has 1 fully saturated rings. The van der Waals surface area contributed by atoms with Crippen molar-refractivity contribution in [3.8, 4) is 0 Å². The maximum absolute atomic E-state index is 11.2. The van der Waals surface area contributed by atoms with Crippen LogP contribution in [-0.2, 0) is 0 Å². The topological polar surface area (TPSA) is 66.6 Å². The van der Waals surface area contributed by atoms with E-state index in [0.29, 0.717) is 15.8 Å². The summed E-state index contributed by atoms with van der Waals surface area (Å²) in [4.78, 5) is 13.6. The van der Waals surface area contributed by atoms with Crippen molar-refractivity contribution in [2.24, 2.45) is 5.92 Å². The lowest BCUT2D eigenvalue weighted by Crippen LogP contribution is -2.32. The van der Waals surface area contributed by atoms with Crippen molar-refractivity contribution in [2.45, 2.75) is 45.8 Å². The Kier molecular flexibility index (Phi) is 4.10. The van der Waals surface area contributed by atoms with Gasteiger partial charge in [-0.3, -0.25) is 10.1 Å². The number of hydrogen-bond donors (Lipinski definition) is 1. The molecule has 1 aromatic heterocycles. The number of thiophene rings is 1. The van der Waals surface area contributed by atoms with Crippen LogP contribution in [-0.4, -0.2) is 22.6 Å². The third-order valence-electron chi connectivity index (χ3n) is 3.36. The summed E-state index contributed by atoms with van der Waals surface area (Å²) in [7, 11) is 0. The van der Waals surface area contributed by atoms with Gasteiger partial charge in [-0.1, -0.05) is 0 Å². The fourth-order valence-electron chi connectivity index (χ4n) is 2.04. The van der Waals surface area contributed by atoms with Crippen LogP contribution in [0.2, 0.25) is 0 Å². The molecule has 1 heterocycles. The molecule has 5 nitrogen and oxygen atoms in total. The molecule has 2 rings (SSSR count). The lowest BCUT2D eigenvalue weighted by Gasteiger charge is -2.26. The van der Waals surface area contributed by atoms with Gasteiger partial charge in [0.1, 0.15) is 0 Å². The summed E-state index contributed by atoms with van der Waals surface area (Å²) in [5.41, 5.74) is 0.121. The standard InChI is InChI=1S/C13H20N2O3S/c1-8(2)14(7-10-4-5-10)13-11(15(17)18)6-12(19-13)9(3)16/h6,8-10,16H,4-5,7H2,1-3H3/t9-/m1/s1. The van der Waals surface area contributed by atoms with Crippen LogP contribution in [0, 0.1) is 16.0 Å². The SMILES string of the molecule is CC(C)N(CC1CC1)c1sc([C@@H](C)O)cc1[N+](=O)[O-]. The quantitative estimate of drug-likeness (QED) is 0.642. The largest absolute Gasteiger partial charge is 0.388 e. The molecule has 0 radical (unpaired) electrons. The maximum atomic E-state index is 11.2. The van der Waals surface area contributed by atoms with E-state index in [9.17, 15) is 15.2 Å². The average Bonchev–Trinajstić information content (AvgIpc) is 3.01. The zero-order chi connectivity index (χ0) is 14.2. The lowest BCUT2D eigenvalue weighted by atomic mass is 10.2. The van der Waals surface area contributed by atoms with Crippen LogP contribution in [0.3, 0.4) is 0 Å². The number of hydrogen-bond acceptors (Lipinski definition) is 5. The van der Waals surface area contributed by atoms with Gasteiger partial charge in [-0.25, -0.2) is 0 Å². The van der Waals surface area contributed by atoms with Crippen LogP contribution in [0.1, 0.15) is 44.6 Å². The highest BCUT2D eigenvalue weighted by Crippen LogP contribution is 2.42. The van der Waals surface area contributed by atoms with Crippen LogP contribution in [0.25, 0.3) is 0 Å². The van der Waals surface area contributed by atoms with Gasteiger partial charge in [-0.05, 0) is 39.5 Å². The molecular weight excluding hydrogens is 264 g/mol. The molecule has 0 unspecified atom stereocenters. The summed E-state index contributed by atoms with van der Waals surface area (Å²) >= 11 is 1.34. The Labute approximate surface area is 117 Å². The van der Waals surface area contributed by atoms with E-state index in [1.165, 1.54) is 30.2 Å². The predicted octanol–water partition coefficient (Wildman–Crippen LogP) is 3.33. The zero-order valence-corrected chi connectivity index (χ0v) is 12.3. The molecule has 0 saturated heterocycles. The van der Waals surface area contributed by atoms with Gasteiger partial charge in [0, 0.05) is 23.5 Å². The van der Waals surface area contributed by atoms with Crippen LogP contribution in [0.5, 0.6) is 0 Å². The third kappa shape index (κ3) is 3.25. The lowest BCUT2D eigenvalue weighted by molar-refractivity contribution is -0.383. The van der Waals surface area contributed by atoms with Crippen LogP contribution < -0.4 is 4.90 Å². The first kappa shape index (κ1) is 14.3.